The van der Waals surface area contributed by atoms with E-state index >= 15 is 0 Å². The zero-order valence-electron chi connectivity index (χ0n) is 17.5. The molecular formula is C23H29N3O4. The Hall–Kier alpha value is -3.22. The van der Waals surface area contributed by atoms with Gasteiger partial charge in [-0.1, -0.05) is 36.4 Å². The Morgan fingerprint density at radius 1 is 0.967 bits per heavy atom. The lowest BCUT2D eigenvalue weighted by molar-refractivity contribution is 0.182. The monoisotopic (exact) mass is 411 g/mol. The average Bonchev–Trinajstić information content (AvgIpc) is 2.87. The Labute approximate surface area is 177 Å². The summed E-state index contributed by atoms with van der Waals surface area (Å²) in [6.07, 6.45) is 1.31. The first-order chi connectivity index (χ1) is 14.6. The van der Waals surface area contributed by atoms with Gasteiger partial charge < -0.3 is 19.7 Å². The van der Waals surface area contributed by atoms with Crippen LogP contribution in [0.2, 0.25) is 0 Å². The van der Waals surface area contributed by atoms with Gasteiger partial charge in [-0.15, -0.1) is 0 Å². The lowest BCUT2D eigenvalue weighted by Crippen LogP contribution is -2.47. The lowest BCUT2D eigenvalue weighted by atomic mass is 10.0. The van der Waals surface area contributed by atoms with Crippen LogP contribution < -0.4 is 20.1 Å². The highest BCUT2D eigenvalue weighted by atomic mass is 16.5. The summed E-state index contributed by atoms with van der Waals surface area (Å²) in [6, 6.07) is 14.9. The zero-order chi connectivity index (χ0) is 21.3. The molecule has 0 spiro atoms. The Bertz CT molecular complexity index is 857. The standard InChI is InChI=1S/C23H29N3O4/c1-3-29-20-11-10-18(15-21(20)30-4-2)12-13-26-19(14-17-8-6-5-7-9-17)16-24-22(27)25-23(26)28/h5-11,15,19H,3-4,12-14,16H2,1-2H3,(H2,24,25,27,28). The van der Waals surface area contributed by atoms with Crippen molar-refractivity contribution < 1.29 is 19.1 Å². The van der Waals surface area contributed by atoms with Gasteiger partial charge >= 0.3 is 12.1 Å². The van der Waals surface area contributed by atoms with E-state index in [-0.39, 0.29) is 12.1 Å². The normalized spacial score (nSPS) is 16.5. The molecule has 3 rings (SSSR count). The molecule has 2 N–H and O–H groups in total. The number of hydrogen-bond acceptors (Lipinski definition) is 4. The van der Waals surface area contributed by atoms with Gasteiger partial charge in [0, 0.05) is 13.1 Å². The van der Waals surface area contributed by atoms with Crippen LogP contribution >= 0.6 is 0 Å². The molecule has 0 radical (unpaired) electrons. The highest BCUT2D eigenvalue weighted by Crippen LogP contribution is 2.29. The summed E-state index contributed by atoms with van der Waals surface area (Å²) < 4.78 is 11.3. The Morgan fingerprint density at radius 2 is 1.70 bits per heavy atom. The van der Waals surface area contributed by atoms with Crippen molar-refractivity contribution in [3.8, 4) is 11.5 Å². The number of amides is 4. The van der Waals surface area contributed by atoms with Gasteiger partial charge in [0.1, 0.15) is 0 Å². The second-order valence-electron chi connectivity index (χ2n) is 7.07. The van der Waals surface area contributed by atoms with Crippen molar-refractivity contribution in [1.29, 1.82) is 0 Å². The maximum Gasteiger partial charge on any atom is 0.325 e. The number of benzene rings is 2. The molecule has 2 aromatic carbocycles. The Balaban J connectivity index is 1.74. The molecular weight excluding hydrogens is 382 g/mol. The van der Waals surface area contributed by atoms with E-state index in [1.807, 2.05) is 62.4 Å². The average molecular weight is 412 g/mol. The predicted octanol–water partition coefficient (Wildman–Crippen LogP) is 3.37. The molecule has 4 amide bonds. The van der Waals surface area contributed by atoms with E-state index in [9.17, 15) is 9.59 Å². The third kappa shape index (κ3) is 5.65. The van der Waals surface area contributed by atoms with Crippen LogP contribution in [0.15, 0.2) is 48.5 Å². The summed E-state index contributed by atoms with van der Waals surface area (Å²) in [5.41, 5.74) is 2.16. The summed E-state index contributed by atoms with van der Waals surface area (Å²) in [4.78, 5) is 26.2. The fourth-order valence-corrected chi connectivity index (χ4v) is 3.55. The van der Waals surface area contributed by atoms with E-state index < -0.39 is 6.03 Å². The molecule has 160 valence electrons. The number of carbonyl (C=O) groups excluding carboxylic acids is 2. The topological polar surface area (TPSA) is 79.9 Å². The third-order valence-corrected chi connectivity index (χ3v) is 4.98. The van der Waals surface area contributed by atoms with E-state index in [4.69, 9.17) is 9.47 Å². The van der Waals surface area contributed by atoms with E-state index in [0.29, 0.717) is 50.6 Å². The molecule has 1 unspecified atom stereocenters. The molecule has 7 nitrogen and oxygen atoms in total. The zero-order valence-corrected chi connectivity index (χ0v) is 17.5. The summed E-state index contributed by atoms with van der Waals surface area (Å²) in [6.45, 7) is 5.87. The van der Waals surface area contributed by atoms with E-state index in [1.165, 1.54) is 0 Å². The van der Waals surface area contributed by atoms with Crippen LogP contribution in [0.5, 0.6) is 11.5 Å². The van der Waals surface area contributed by atoms with Gasteiger partial charge in [0.2, 0.25) is 0 Å². The van der Waals surface area contributed by atoms with Crippen molar-refractivity contribution in [2.24, 2.45) is 0 Å². The summed E-state index contributed by atoms with van der Waals surface area (Å²) in [5.74, 6) is 1.42. The van der Waals surface area contributed by atoms with E-state index in [2.05, 4.69) is 10.6 Å². The van der Waals surface area contributed by atoms with Crippen molar-refractivity contribution in [2.75, 3.05) is 26.3 Å². The van der Waals surface area contributed by atoms with Crippen molar-refractivity contribution in [2.45, 2.75) is 32.7 Å². The third-order valence-electron chi connectivity index (χ3n) is 4.98. The SMILES string of the molecule is CCOc1ccc(CCN2C(=O)NC(=O)NCC2Cc2ccccc2)cc1OCC. The highest BCUT2D eigenvalue weighted by Gasteiger charge is 2.29. The largest absolute Gasteiger partial charge is 0.490 e. The van der Waals surface area contributed by atoms with Crippen LogP contribution in [0.1, 0.15) is 25.0 Å². The van der Waals surface area contributed by atoms with Crippen LogP contribution in [0.4, 0.5) is 9.59 Å². The minimum Gasteiger partial charge on any atom is -0.490 e. The second kappa shape index (κ2) is 10.5. The number of carbonyl (C=O) groups is 2. The first-order valence-electron chi connectivity index (χ1n) is 10.4. The van der Waals surface area contributed by atoms with Gasteiger partial charge in [-0.05, 0) is 49.9 Å². The molecule has 7 heteroatoms. The van der Waals surface area contributed by atoms with Crippen LogP contribution in [0.25, 0.3) is 0 Å². The molecule has 1 atom stereocenters. The van der Waals surface area contributed by atoms with Crippen molar-refractivity contribution in [3.63, 3.8) is 0 Å². The highest BCUT2D eigenvalue weighted by molar-refractivity contribution is 5.94. The Morgan fingerprint density at radius 3 is 2.43 bits per heavy atom. The molecule has 0 saturated carbocycles. The number of imide groups is 1. The molecule has 0 bridgehead atoms. The summed E-state index contributed by atoms with van der Waals surface area (Å²) >= 11 is 0. The van der Waals surface area contributed by atoms with Crippen molar-refractivity contribution in [3.05, 3.63) is 59.7 Å². The van der Waals surface area contributed by atoms with Gasteiger partial charge in [-0.2, -0.15) is 0 Å². The maximum absolute atomic E-state index is 12.7. The number of urea groups is 2. The van der Waals surface area contributed by atoms with Crippen LogP contribution in [-0.2, 0) is 12.8 Å². The predicted molar refractivity (Wildman–Crippen MR) is 115 cm³/mol. The first kappa shape index (κ1) is 21.5. The van der Waals surface area contributed by atoms with Gasteiger partial charge in [0.15, 0.2) is 11.5 Å². The van der Waals surface area contributed by atoms with Gasteiger partial charge in [-0.3, -0.25) is 5.32 Å². The molecule has 1 aliphatic heterocycles. The van der Waals surface area contributed by atoms with Gasteiger partial charge in [0.25, 0.3) is 0 Å². The number of ether oxygens (including phenoxy) is 2. The molecule has 30 heavy (non-hydrogen) atoms. The molecule has 1 aliphatic rings. The van der Waals surface area contributed by atoms with Crippen LogP contribution in [0, 0.1) is 0 Å². The van der Waals surface area contributed by atoms with Gasteiger partial charge in [0.05, 0.1) is 19.3 Å². The lowest BCUT2D eigenvalue weighted by Gasteiger charge is -2.29. The van der Waals surface area contributed by atoms with Crippen molar-refractivity contribution in [1.82, 2.24) is 15.5 Å². The molecule has 0 aromatic heterocycles. The molecule has 0 aliphatic carbocycles. The van der Waals surface area contributed by atoms with Crippen LogP contribution in [-0.4, -0.2) is 49.3 Å². The Kier molecular flexibility index (Phi) is 7.54. The van der Waals surface area contributed by atoms with Gasteiger partial charge in [-0.25, -0.2) is 9.59 Å². The molecule has 2 aromatic rings. The summed E-state index contributed by atoms with van der Waals surface area (Å²) in [5, 5.41) is 5.17. The second-order valence-corrected chi connectivity index (χ2v) is 7.07. The minimum absolute atomic E-state index is 0.132. The quantitative estimate of drug-likeness (QED) is 0.663. The first-order valence-corrected chi connectivity index (χ1v) is 10.4. The van der Waals surface area contributed by atoms with E-state index in [0.717, 1.165) is 11.1 Å². The number of nitrogens with one attached hydrogen (secondary N) is 2. The fraction of sp³-hybridized carbons (Fsp3) is 0.391. The number of rotatable bonds is 9. The molecule has 1 fully saturated rings. The van der Waals surface area contributed by atoms with E-state index in [1.54, 1.807) is 4.90 Å². The maximum atomic E-state index is 12.7. The molecule has 1 saturated heterocycles. The molecule has 1 heterocycles. The fourth-order valence-electron chi connectivity index (χ4n) is 3.55. The van der Waals surface area contributed by atoms with Crippen molar-refractivity contribution >= 4 is 12.1 Å². The number of hydrogen-bond donors (Lipinski definition) is 2. The van der Waals surface area contributed by atoms with Crippen LogP contribution in [0.3, 0.4) is 0 Å². The number of nitrogens with zero attached hydrogens (tertiary/aromatic N) is 1. The smallest absolute Gasteiger partial charge is 0.325 e. The minimum atomic E-state index is -0.458. The summed E-state index contributed by atoms with van der Waals surface area (Å²) in [7, 11) is 0.